The number of methoxy groups -OCH3 is 1. The molecule has 5 heteroatoms. The lowest BCUT2D eigenvalue weighted by atomic mass is 10.0. The Balaban J connectivity index is 2.39. The van der Waals surface area contributed by atoms with Crippen LogP contribution in [0.2, 0.25) is 5.15 Å². The van der Waals surface area contributed by atoms with Gasteiger partial charge < -0.3 is 10.1 Å². The molecule has 0 unspecified atom stereocenters. The van der Waals surface area contributed by atoms with E-state index in [1.807, 2.05) is 18.2 Å². The molecule has 2 rings (SSSR count). The van der Waals surface area contributed by atoms with Crippen LogP contribution in [-0.4, -0.2) is 17.1 Å². The van der Waals surface area contributed by atoms with Crippen LogP contribution < -0.4 is 10.1 Å². The summed E-state index contributed by atoms with van der Waals surface area (Å²) in [6.07, 6.45) is 1.41. The summed E-state index contributed by atoms with van der Waals surface area (Å²) in [6, 6.07) is 8.08. The van der Waals surface area contributed by atoms with Gasteiger partial charge in [0.05, 0.1) is 7.11 Å². The van der Waals surface area contributed by atoms with Gasteiger partial charge in [-0.25, -0.2) is 9.97 Å². The Bertz CT molecular complexity index is 572. The van der Waals surface area contributed by atoms with Gasteiger partial charge in [0.15, 0.2) is 16.7 Å². The number of aromatic nitrogens is 2. The molecule has 1 aromatic heterocycles. The van der Waals surface area contributed by atoms with Crippen LogP contribution >= 0.6 is 11.6 Å². The van der Waals surface area contributed by atoms with Crippen molar-refractivity contribution >= 4 is 23.1 Å². The first-order chi connectivity index (χ1) is 9.13. The molecule has 100 valence electrons. The standard InChI is InChI=1S/C14H16ClN3O/c1-9(2)10-6-4-5-7-11(10)18-14-12(19-3)13(15)16-8-17-14/h4-9H,1-3H3,(H,16,17,18). The average Bonchev–Trinajstić information content (AvgIpc) is 2.39. The topological polar surface area (TPSA) is 47.0 Å². The fourth-order valence-electron chi connectivity index (χ4n) is 1.86. The summed E-state index contributed by atoms with van der Waals surface area (Å²) in [5.41, 5.74) is 2.20. The third-order valence-electron chi connectivity index (χ3n) is 2.80. The summed E-state index contributed by atoms with van der Waals surface area (Å²) >= 11 is 5.98. The van der Waals surface area contributed by atoms with E-state index in [0.29, 0.717) is 22.6 Å². The Morgan fingerprint density at radius 2 is 1.95 bits per heavy atom. The third kappa shape index (κ3) is 2.96. The lowest BCUT2D eigenvalue weighted by Gasteiger charge is -2.15. The molecule has 0 atom stereocenters. The van der Waals surface area contributed by atoms with Crippen molar-refractivity contribution < 1.29 is 4.74 Å². The van der Waals surface area contributed by atoms with Gasteiger partial charge in [0.1, 0.15) is 6.33 Å². The van der Waals surface area contributed by atoms with E-state index in [0.717, 1.165) is 5.69 Å². The molecule has 19 heavy (non-hydrogen) atoms. The number of hydrogen-bond donors (Lipinski definition) is 1. The van der Waals surface area contributed by atoms with E-state index < -0.39 is 0 Å². The molecule has 1 heterocycles. The number of anilines is 2. The van der Waals surface area contributed by atoms with Crippen LogP contribution in [0.15, 0.2) is 30.6 Å². The summed E-state index contributed by atoms with van der Waals surface area (Å²) in [6.45, 7) is 4.29. The molecule has 0 amide bonds. The van der Waals surface area contributed by atoms with E-state index >= 15 is 0 Å². The van der Waals surface area contributed by atoms with Crippen LogP contribution in [0.3, 0.4) is 0 Å². The first-order valence-electron chi connectivity index (χ1n) is 6.04. The van der Waals surface area contributed by atoms with Crippen LogP contribution in [0, 0.1) is 0 Å². The zero-order valence-corrected chi connectivity index (χ0v) is 11.9. The monoisotopic (exact) mass is 277 g/mol. The highest BCUT2D eigenvalue weighted by Gasteiger charge is 2.12. The number of nitrogens with one attached hydrogen (secondary N) is 1. The molecule has 1 aromatic carbocycles. The molecule has 1 N–H and O–H groups in total. The molecular weight excluding hydrogens is 262 g/mol. The minimum Gasteiger partial charge on any atom is -0.490 e. The number of ether oxygens (including phenoxy) is 1. The highest BCUT2D eigenvalue weighted by Crippen LogP contribution is 2.33. The fraction of sp³-hybridized carbons (Fsp3) is 0.286. The van der Waals surface area contributed by atoms with Crippen molar-refractivity contribution in [2.24, 2.45) is 0 Å². The molecule has 0 radical (unpaired) electrons. The first-order valence-corrected chi connectivity index (χ1v) is 6.41. The number of halogens is 1. The molecule has 0 aliphatic heterocycles. The smallest absolute Gasteiger partial charge is 0.199 e. The zero-order valence-electron chi connectivity index (χ0n) is 11.1. The van der Waals surface area contributed by atoms with Crippen molar-refractivity contribution in [1.82, 2.24) is 9.97 Å². The summed E-state index contributed by atoms with van der Waals surface area (Å²) < 4.78 is 5.23. The molecule has 0 saturated carbocycles. The van der Waals surface area contributed by atoms with E-state index in [-0.39, 0.29) is 0 Å². The van der Waals surface area contributed by atoms with Crippen molar-refractivity contribution in [2.45, 2.75) is 19.8 Å². The van der Waals surface area contributed by atoms with Crippen LogP contribution in [0.1, 0.15) is 25.3 Å². The van der Waals surface area contributed by atoms with Gasteiger partial charge in [-0.3, -0.25) is 0 Å². The first kappa shape index (κ1) is 13.6. The predicted molar refractivity (Wildman–Crippen MR) is 77.4 cm³/mol. The van der Waals surface area contributed by atoms with Crippen LogP contribution in [-0.2, 0) is 0 Å². The van der Waals surface area contributed by atoms with Gasteiger partial charge in [-0.05, 0) is 17.5 Å². The fourth-order valence-corrected chi connectivity index (χ4v) is 2.07. The number of benzene rings is 1. The maximum atomic E-state index is 5.98. The Morgan fingerprint density at radius 1 is 1.21 bits per heavy atom. The van der Waals surface area contributed by atoms with E-state index in [2.05, 4.69) is 35.2 Å². The van der Waals surface area contributed by atoms with E-state index in [9.17, 15) is 0 Å². The summed E-state index contributed by atoms with van der Waals surface area (Å²) in [5, 5.41) is 3.55. The quantitative estimate of drug-likeness (QED) is 0.858. The van der Waals surface area contributed by atoms with Crippen LogP contribution in [0.25, 0.3) is 0 Å². The largest absolute Gasteiger partial charge is 0.490 e. The van der Waals surface area contributed by atoms with Crippen molar-refractivity contribution in [3.05, 3.63) is 41.3 Å². The molecule has 2 aromatic rings. The summed E-state index contributed by atoms with van der Waals surface area (Å²) in [7, 11) is 1.55. The highest BCUT2D eigenvalue weighted by molar-refractivity contribution is 6.31. The van der Waals surface area contributed by atoms with Gasteiger partial charge >= 0.3 is 0 Å². The Kier molecular flexibility index (Phi) is 4.22. The Hall–Kier alpha value is -1.81. The molecule has 0 aliphatic carbocycles. The van der Waals surface area contributed by atoms with E-state index in [1.165, 1.54) is 11.9 Å². The van der Waals surface area contributed by atoms with Crippen LogP contribution in [0.4, 0.5) is 11.5 Å². The molecule has 0 bridgehead atoms. The second-order valence-corrected chi connectivity index (χ2v) is 4.77. The Labute approximate surface area is 117 Å². The maximum absolute atomic E-state index is 5.98. The van der Waals surface area contributed by atoms with Gasteiger partial charge in [-0.1, -0.05) is 43.6 Å². The minimum absolute atomic E-state index is 0.294. The van der Waals surface area contributed by atoms with Gasteiger partial charge in [0.25, 0.3) is 0 Å². The van der Waals surface area contributed by atoms with Gasteiger partial charge in [0, 0.05) is 5.69 Å². The minimum atomic E-state index is 0.294. The highest BCUT2D eigenvalue weighted by atomic mass is 35.5. The van der Waals surface area contributed by atoms with Crippen molar-refractivity contribution in [3.8, 4) is 5.75 Å². The molecule has 0 aliphatic rings. The second kappa shape index (κ2) is 5.89. The van der Waals surface area contributed by atoms with Crippen molar-refractivity contribution in [2.75, 3.05) is 12.4 Å². The lowest BCUT2D eigenvalue weighted by Crippen LogP contribution is -2.02. The molecule has 4 nitrogen and oxygen atoms in total. The molecule has 0 spiro atoms. The normalized spacial score (nSPS) is 10.6. The lowest BCUT2D eigenvalue weighted by molar-refractivity contribution is 0.413. The third-order valence-corrected chi connectivity index (χ3v) is 3.07. The van der Waals surface area contributed by atoms with E-state index in [1.54, 1.807) is 7.11 Å². The van der Waals surface area contributed by atoms with Gasteiger partial charge in [0.2, 0.25) is 0 Å². The van der Waals surface area contributed by atoms with Crippen molar-refractivity contribution in [3.63, 3.8) is 0 Å². The van der Waals surface area contributed by atoms with E-state index in [4.69, 9.17) is 16.3 Å². The molecule has 0 fully saturated rings. The summed E-state index contributed by atoms with van der Waals surface area (Å²) in [4.78, 5) is 8.07. The molecular formula is C14H16ClN3O. The number of hydrogen-bond acceptors (Lipinski definition) is 4. The number of nitrogens with zero attached hydrogens (tertiary/aromatic N) is 2. The van der Waals surface area contributed by atoms with Crippen LogP contribution in [0.5, 0.6) is 5.75 Å². The molecule has 0 saturated heterocycles. The number of rotatable bonds is 4. The Morgan fingerprint density at radius 3 is 2.63 bits per heavy atom. The SMILES string of the molecule is COc1c(Cl)ncnc1Nc1ccccc1C(C)C. The number of para-hydroxylation sites is 1. The average molecular weight is 278 g/mol. The zero-order chi connectivity index (χ0) is 13.8. The maximum Gasteiger partial charge on any atom is 0.199 e. The second-order valence-electron chi connectivity index (χ2n) is 4.41. The van der Waals surface area contributed by atoms with Crippen molar-refractivity contribution in [1.29, 1.82) is 0 Å². The predicted octanol–water partition coefficient (Wildman–Crippen LogP) is 4.01. The van der Waals surface area contributed by atoms with Gasteiger partial charge in [-0.2, -0.15) is 0 Å². The van der Waals surface area contributed by atoms with Gasteiger partial charge in [-0.15, -0.1) is 0 Å². The summed E-state index contributed by atoms with van der Waals surface area (Å²) in [5.74, 6) is 1.42.